The summed E-state index contributed by atoms with van der Waals surface area (Å²) in [6.45, 7) is 2.13. The van der Waals surface area contributed by atoms with Gasteiger partial charge in [0.25, 0.3) is 0 Å². The number of carbonyl (C=O) groups excluding carboxylic acids is 2. The number of carbonyl (C=O) groups is 2. The Labute approximate surface area is 157 Å². The molecule has 0 aliphatic rings. The second-order valence-electron chi connectivity index (χ2n) is 6.29. The van der Waals surface area contributed by atoms with E-state index in [9.17, 15) is 9.59 Å². The maximum atomic E-state index is 11.7. The van der Waals surface area contributed by atoms with E-state index in [1.165, 1.54) is 0 Å². The Kier molecular flexibility index (Phi) is 19.5. The van der Waals surface area contributed by atoms with Gasteiger partial charge in [-0.05, 0) is 19.3 Å². The molecule has 7 nitrogen and oxygen atoms in total. The molecule has 0 heterocycles. The van der Waals surface area contributed by atoms with Gasteiger partial charge in [0, 0.05) is 32.4 Å². The van der Waals surface area contributed by atoms with Crippen molar-refractivity contribution in [3.8, 4) is 0 Å². The molecule has 0 aliphatic carbocycles. The molecule has 0 saturated carbocycles. The van der Waals surface area contributed by atoms with Gasteiger partial charge >= 0.3 is 0 Å². The van der Waals surface area contributed by atoms with Crippen molar-refractivity contribution < 1.29 is 29.3 Å². The largest absolute Gasteiger partial charge is 0.394 e. The Hall–Kier alpha value is -1.02. The van der Waals surface area contributed by atoms with Crippen molar-refractivity contribution in [1.29, 1.82) is 0 Å². The first-order valence-electron chi connectivity index (χ1n) is 9.86. The summed E-state index contributed by atoms with van der Waals surface area (Å²) in [5.41, 5.74) is 0. The van der Waals surface area contributed by atoms with Gasteiger partial charge in [-0.25, -0.2) is 0 Å². The van der Waals surface area contributed by atoms with Crippen molar-refractivity contribution in [2.75, 3.05) is 46.2 Å². The lowest BCUT2D eigenvalue weighted by Crippen LogP contribution is -2.27. The van der Waals surface area contributed by atoms with Crippen LogP contribution in [0.25, 0.3) is 0 Å². The number of aliphatic hydroxyl groups excluding tert-OH is 2. The van der Waals surface area contributed by atoms with Crippen molar-refractivity contribution in [3.63, 3.8) is 0 Å². The molecule has 0 unspecified atom stereocenters. The smallest absolute Gasteiger partial charge is 0.220 e. The zero-order valence-corrected chi connectivity index (χ0v) is 16.0. The van der Waals surface area contributed by atoms with Gasteiger partial charge < -0.3 is 25.0 Å². The van der Waals surface area contributed by atoms with E-state index in [2.05, 4.69) is 5.32 Å². The van der Waals surface area contributed by atoms with E-state index >= 15 is 0 Å². The summed E-state index contributed by atoms with van der Waals surface area (Å²) in [6, 6.07) is 0. The Morgan fingerprint density at radius 3 is 1.85 bits per heavy atom. The molecule has 0 spiro atoms. The highest BCUT2D eigenvalue weighted by Gasteiger charge is 2.03. The number of ketones is 1. The van der Waals surface area contributed by atoms with Gasteiger partial charge in [-0.1, -0.05) is 25.7 Å². The van der Waals surface area contributed by atoms with Crippen molar-refractivity contribution in [1.82, 2.24) is 5.32 Å². The van der Waals surface area contributed by atoms with Crippen LogP contribution in [0.1, 0.15) is 64.2 Å². The molecule has 0 fully saturated rings. The normalized spacial score (nSPS) is 10.8. The van der Waals surface area contributed by atoms with Crippen LogP contribution in [0.2, 0.25) is 0 Å². The first kappa shape index (κ1) is 25.0. The van der Waals surface area contributed by atoms with E-state index in [-0.39, 0.29) is 24.9 Å². The van der Waals surface area contributed by atoms with Crippen LogP contribution in [0.5, 0.6) is 0 Å². The summed E-state index contributed by atoms with van der Waals surface area (Å²) < 4.78 is 10.2. The topological polar surface area (TPSA) is 105 Å². The number of hydrogen-bond donors (Lipinski definition) is 3. The van der Waals surface area contributed by atoms with E-state index in [1.807, 2.05) is 0 Å². The highest BCUT2D eigenvalue weighted by atomic mass is 16.5. The van der Waals surface area contributed by atoms with Crippen molar-refractivity contribution in [3.05, 3.63) is 0 Å². The predicted octanol–water partition coefficient (Wildman–Crippen LogP) is 1.59. The third-order valence-corrected chi connectivity index (χ3v) is 3.89. The summed E-state index contributed by atoms with van der Waals surface area (Å²) in [4.78, 5) is 23.2. The number of unbranched alkanes of at least 4 members (excludes halogenated alkanes) is 5. The van der Waals surface area contributed by atoms with Gasteiger partial charge in [-0.3, -0.25) is 9.59 Å². The fourth-order valence-corrected chi connectivity index (χ4v) is 2.50. The van der Waals surface area contributed by atoms with Crippen LogP contribution in [0, 0.1) is 0 Å². The molecule has 0 rings (SSSR count). The minimum atomic E-state index is 0.00247. The summed E-state index contributed by atoms with van der Waals surface area (Å²) in [5, 5.41) is 19.9. The summed E-state index contributed by atoms with van der Waals surface area (Å²) in [7, 11) is 0. The SMILES string of the molecule is O=C(CCCCCCCCC(=O)NCCOCCO)CCCOCCO. The highest BCUT2D eigenvalue weighted by Crippen LogP contribution is 2.10. The van der Waals surface area contributed by atoms with Crippen molar-refractivity contribution >= 4 is 11.7 Å². The fraction of sp³-hybridized carbons (Fsp3) is 0.895. The summed E-state index contributed by atoms with van der Waals surface area (Å²) >= 11 is 0. The molecular weight excluding hydrogens is 338 g/mol. The molecule has 154 valence electrons. The number of ether oxygens (including phenoxy) is 2. The maximum absolute atomic E-state index is 11.7. The van der Waals surface area contributed by atoms with Gasteiger partial charge in [-0.15, -0.1) is 0 Å². The molecule has 0 aliphatic heterocycles. The number of hydrogen-bond acceptors (Lipinski definition) is 6. The number of rotatable bonds is 20. The van der Waals surface area contributed by atoms with Crippen LogP contribution in [0.4, 0.5) is 0 Å². The maximum Gasteiger partial charge on any atom is 0.220 e. The quantitative estimate of drug-likeness (QED) is 0.279. The predicted molar refractivity (Wildman–Crippen MR) is 100.0 cm³/mol. The lowest BCUT2D eigenvalue weighted by molar-refractivity contribution is -0.121. The zero-order valence-electron chi connectivity index (χ0n) is 16.0. The van der Waals surface area contributed by atoms with Crippen LogP contribution in [0.15, 0.2) is 0 Å². The number of aliphatic hydroxyl groups is 2. The fourth-order valence-electron chi connectivity index (χ4n) is 2.50. The second kappa shape index (κ2) is 20.3. The van der Waals surface area contributed by atoms with Crippen LogP contribution in [0.3, 0.4) is 0 Å². The molecule has 3 N–H and O–H groups in total. The molecule has 7 heteroatoms. The third kappa shape index (κ3) is 19.3. The lowest BCUT2D eigenvalue weighted by Gasteiger charge is -2.06. The Bertz CT molecular complexity index is 306. The van der Waals surface area contributed by atoms with Gasteiger partial charge in [0.05, 0.1) is 33.0 Å². The van der Waals surface area contributed by atoms with Crippen LogP contribution in [-0.4, -0.2) is 68.1 Å². The number of nitrogens with one attached hydrogen (secondary N) is 1. The van der Waals surface area contributed by atoms with E-state index < -0.39 is 0 Å². The molecule has 0 aromatic rings. The van der Waals surface area contributed by atoms with Gasteiger partial charge in [0.2, 0.25) is 5.91 Å². The molecule has 1 amide bonds. The van der Waals surface area contributed by atoms with Crippen molar-refractivity contribution in [2.24, 2.45) is 0 Å². The standard InChI is InChI=1S/C19H37NO6/c21-12-16-25-14-7-9-18(23)8-5-3-1-2-4-6-10-19(24)20-11-15-26-17-13-22/h21-22H,1-17H2,(H,20,24). The zero-order chi connectivity index (χ0) is 19.3. The first-order valence-corrected chi connectivity index (χ1v) is 9.86. The minimum Gasteiger partial charge on any atom is -0.394 e. The molecule has 0 saturated heterocycles. The Morgan fingerprint density at radius 1 is 0.654 bits per heavy atom. The summed E-state index contributed by atoms with van der Waals surface area (Å²) in [6.07, 6.45) is 8.57. The van der Waals surface area contributed by atoms with Gasteiger partial charge in [-0.2, -0.15) is 0 Å². The Morgan fingerprint density at radius 2 is 1.19 bits per heavy atom. The van der Waals surface area contributed by atoms with E-state index in [4.69, 9.17) is 19.7 Å². The molecule has 26 heavy (non-hydrogen) atoms. The third-order valence-electron chi connectivity index (χ3n) is 3.89. The average molecular weight is 376 g/mol. The number of Topliss-reactive ketones (excluding diaryl/α,β-unsaturated/α-hetero) is 1. The first-order chi connectivity index (χ1) is 12.7. The second-order valence-corrected chi connectivity index (χ2v) is 6.29. The van der Waals surface area contributed by atoms with Crippen molar-refractivity contribution in [2.45, 2.75) is 64.2 Å². The summed E-state index contributed by atoms with van der Waals surface area (Å²) in [5.74, 6) is 0.336. The van der Waals surface area contributed by atoms with Crippen LogP contribution in [-0.2, 0) is 19.1 Å². The molecule has 0 bridgehead atoms. The Balaban J connectivity index is 3.25. The van der Waals surface area contributed by atoms with Crippen LogP contribution >= 0.6 is 0 Å². The van der Waals surface area contributed by atoms with E-state index in [1.54, 1.807) is 0 Å². The lowest BCUT2D eigenvalue weighted by atomic mass is 10.0. The highest BCUT2D eigenvalue weighted by molar-refractivity contribution is 5.78. The molecular formula is C19H37NO6. The number of amides is 1. The van der Waals surface area contributed by atoms with Gasteiger partial charge in [0.15, 0.2) is 0 Å². The molecule has 0 atom stereocenters. The minimum absolute atomic E-state index is 0.00247. The van der Waals surface area contributed by atoms with Crippen LogP contribution < -0.4 is 5.32 Å². The molecule has 0 aromatic heterocycles. The van der Waals surface area contributed by atoms with E-state index in [0.29, 0.717) is 52.2 Å². The monoisotopic (exact) mass is 375 g/mol. The van der Waals surface area contributed by atoms with E-state index in [0.717, 1.165) is 44.9 Å². The van der Waals surface area contributed by atoms with Gasteiger partial charge in [0.1, 0.15) is 5.78 Å². The molecule has 0 radical (unpaired) electrons. The molecule has 0 aromatic carbocycles. The average Bonchev–Trinajstić information content (AvgIpc) is 2.63.